The van der Waals surface area contributed by atoms with Crippen molar-refractivity contribution in [2.45, 2.75) is 26.1 Å². The highest BCUT2D eigenvalue weighted by atomic mass is 35.5. The number of ether oxygens (including phenoxy) is 2. The number of para-hydroxylation sites is 1. The van der Waals surface area contributed by atoms with E-state index in [1.54, 1.807) is 24.3 Å². The van der Waals surface area contributed by atoms with Crippen LogP contribution in [0.4, 0.5) is 18.9 Å². The number of rotatable bonds is 9. The highest BCUT2D eigenvalue weighted by molar-refractivity contribution is 6.40. The van der Waals surface area contributed by atoms with E-state index >= 15 is 0 Å². The van der Waals surface area contributed by atoms with Crippen molar-refractivity contribution in [1.82, 2.24) is 4.98 Å². The van der Waals surface area contributed by atoms with Crippen LogP contribution in [0.15, 0.2) is 78.0 Å². The fourth-order valence-electron chi connectivity index (χ4n) is 5.15. The fraction of sp³-hybridized carbons (Fsp3) is 0.273. The first kappa shape index (κ1) is 33.0. The van der Waals surface area contributed by atoms with Crippen LogP contribution in [0.1, 0.15) is 24.3 Å². The second-order valence-electron chi connectivity index (χ2n) is 10.9. The number of halogens is 5. The lowest BCUT2D eigenvalue weighted by Gasteiger charge is -2.28. The molecule has 1 amide bonds. The maximum atomic E-state index is 13.7. The minimum absolute atomic E-state index is 0.0233. The lowest BCUT2D eigenvalue weighted by atomic mass is 9.90. The average molecular weight is 675 g/mol. The molecule has 1 aromatic heterocycles. The largest absolute Gasteiger partial charge is 0.493 e. The number of carbonyl (C=O) groups is 2. The molecule has 4 aromatic rings. The Hall–Kier alpha value is -4.35. The van der Waals surface area contributed by atoms with Gasteiger partial charge < -0.3 is 14.3 Å². The zero-order valence-corrected chi connectivity index (χ0v) is 26.4. The first-order valence-corrected chi connectivity index (χ1v) is 14.9. The molecule has 0 fully saturated rings. The SMILES string of the molecule is COC(=O)c1ccc2cc(-c3ccc(OCC4C(CN(C(=O)C(F)(F)F)c5c(Cl)cccc5Cl)=NOC4C(C)C)cc3)ccc2n1. The topological polar surface area (TPSA) is 90.3 Å². The van der Waals surface area contributed by atoms with Crippen molar-refractivity contribution in [3.8, 4) is 16.9 Å². The molecule has 13 heteroatoms. The fourth-order valence-corrected chi connectivity index (χ4v) is 5.75. The number of aromatic nitrogens is 1. The molecule has 240 valence electrons. The zero-order chi connectivity index (χ0) is 33.2. The number of pyridine rings is 1. The van der Waals surface area contributed by atoms with Gasteiger partial charge in [0.15, 0.2) is 0 Å². The number of nitrogens with zero attached hydrogens (tertiary/aromatic N) is 3. The summed E-state index contributed by atoms with van der Waals surface area (Å²) in [6.45, 7) is 3.25. The van der Waals surface area contributed by atoms with Gasteiger partial charge in [0.25, 0.3) is 0 Å². The Morgan fingerprint density at radius 2 is 1.65 bits per heavy atom. The smallest absolute Gasteiger partial charge is 0.471 e. The number of alkyl halides is 3. The average Bonchev–Trinajstić information content (AvgIpc) is 3.44. The summed E-state index contributed by atoms with van der Waals surface area (Å²) in [5.74, 6) is -2.78. The Morgan fingerprint density at radius 3 is 2.28 bits per heavy atom. The number of carbonyl (C=O) groups excluding carboxylic acids is 2. The summed E-state index contributed by atoms with van der Waals surface area (Å²) in [7, 11) is 1.30. The van der Waals surface area contributed by atoms with Gasteiger partial charge in [0.1, 0.15) is 24.2 Å². The summed E-state index contributed by atoms with van der Waals surface area (Å²) in [6.07, 6.45) is -5.70. The summed E-state index contributed by atoms with van der Waals surface area (Å²) in [4.78, 5) is 34.8. The summed E-state index contributed by atoms with van der Waals surface area (Å²) < 4.78 is 51.9. The lowest BCUT2D eigenvalue weighted by Crippen LogP contribution is -2.46. The normalized spacial score (nSPS) is 16.2. The second-order valence-corrected chi connectivity index (χ2v) is 11.7. The van der Waals surface area contributed by atoms with Crippen molar-refractivity contribution < 1.29 is 37.1 Å². The first-order chi connectivity index (χ1) is 21.9. The number of amides is 1. The van der Waals surface area contributed by atoms with Crippen LogP contribution in [0.3, 0.4) is 0 Å². The number of fused-ring (bicyclic) bond motifs is 1. The Morgan fingerprint density at radius 1 is 0.978 bits per heavy atom. The molecular formula is C33H28Cl2F3N3O5. The summed E-state index contributed by atoms with van der Waals surface area (Å²) in [6, 6.07) is 20.5. The lowest BCUT2D eigenvalue weighted by molar-refractivity contribution is -0.170. The Balaban J connectivity index is 1.34. The van der Waals surface area contributed by atoms with Gasteiger partial charge in [0.2, 0.25) is 0 Å². The summed E-state index contributed by atoms with van der Waals surface area (Å²) in [5, 5.41) is 4.68. The van der Waals surface area contributed by atoms with Crippen LogP contribution in [0, 0.1) is 11.8 Å². The van der Waals surface area contributed by atoms with E-state index in [1.165, 1.54) is 25.3 Å². The standard InChI is InChI=1S/C33H28Cl2F3N3O5/c1-18(2)30-23(28(40-46-30)16-41(32(43)33(36,37)38)29-24(34)5-4-6-25(29)35)17-45-22-11-7-19(8-12-22)20-9-13-26-21(15-20)10-14-27(39-26)31(42)44-3/h4-15,18,23,30H,16-17H2,1-3H3. The summed E-state index contributed by atoms with van der Waals surface area (Å²) >= 11 is 12.4. The molecule has 1 aliphatic heterocycles. The molecule has 2 unspecified atom stereocenters. The highest BCUT2D eigenvalue weighted by Crippen LogP contribution is 2.37. The van der Waals surface area contributed by atoms with Crippen molar-refractivity contribution >= 4 is 57.4 Å². The first-order valence-electron chi connectivity index (χ1n) is 14.1. The second kappa shape index (κ2) is 13.6. The maximum absolute atomic E-state index is 13.7. The zero-order valence-electron chi connectivity index (χ0n) is 24.8. The Bertz CT molecular complexity index is 1780. The Labute approximate surface area is 272 Å². The van der Waals surface area contributed by atoms with E-state index in [0.29, 0.717) is 16.2 Å². The molecular weight excluding hydrogens is 646 g/mol. The Kier molecular flexibility index (Phi) is 9.74. The number of hydrogen-bond donors (Lipinski definition) is 0. The molecule has 0 aliphatic carbocycles. The van der Waals surface area contributed by atoms with Crippen LogP contribution >= 0.6 is 23.2 Å². The molecule has 0 spiro atoms. The van der Waals surface area contributed by atoms with Gasteiger partial charge in [0, 0.05) is 5.39 Å². The third kappa shape index (κ3) is 7.05. The van der Waals surface area contributed by atoms with E-state index in [-0.39, 0.29) is 39.7 Å². The number of hydrogen-bond acceptors (Lipinski definition) is 7. The minimum atomic E-state index is -5.19. The maximum Gasteiger partial charge on any atom is 0.471 e. The van der Waals surface area contributed by atoms with Gasteiger partial charge in [-0.2, -0.15) is 13.2 Å². The molecule has 0 saturated heterocycles. The molecule has 0 saturated carbocycles. The van der Waals surface area contributed by atoms with Gasteiger partial charge >= 0.3 is 18.1 Å². The van der Waals surface area contributed by atoms with E-state index in [9.17, 15) is 22.8 Å². The van der Waals surface area contributed by atoms with Crippen molar-refractivity contribution in [2.24, 2.45) is 17.0 Å². The van der Waals surface area contributed by atoms with Gasteiger partial charge in [0.05, 0.1) is 46.5 Å². The summed E-state index contributed by atoms with van der Waals surface area (Å²) in [5.41, 5.74) is 2.59. The number of anilines is 1. The predicted octanol–water partition coefficient (Wildman–Crippen LogP) is 8.00. The van der Waals surface area contributed by atoms with Crippen LogP contribution in [0.5, 0.6) is 5.75 Å². The highest BCUT2D eigenvalue weighted by Gasteiger charge is 2.46. The molecule has 2 atom stereocenters. The third-order valence-electron chi connectivity index (χ3n) is 7.49. The quantitative estimate of drug-likeness (QED) is 0.167. The van der Waals surface area contributed by atoms with Gasteiger partial charge in [-0.25, -0.2) is 9.78 Å². The van der Waals surface area contributed by atoms with Crippen molar-refractivity contribution in [2.75, 3.05) is 25.2 Å². The van der Waals surface area contributed by atoms with Crippen molar-refractivity contribution in [1.29, 1.82) is 0 Å². The van der Waals surface area contributed by atoms with Crippen molar-refractivity contribution in [3.63, 3.8) is 0 Å². The molecule has 2 heterocycles. The monoisotopic (exact) mass is 673 g/mol. The van der Waals surface area contributed by atoms with Gasteiger partial charge in [-0.3, -0.25) is 9.69 Å². The van der Waals surface area contributed by atoms with Crippen LogP contribution in [-0.2, 0) is 14.4 Å². The van der Waals surface area contributed by atoms with E-state index in [0.717, 1.165) is 16.5 Å². The van der Waals surface area contributed by atoms with E-state index in [1.807, 2.05) is 44.2 Å². The molecule has 0 N–H and O–H groups in total. The third-order valence-corrected chi connectivity index (χ3v) is 8.10. The molecule has 5 rings (SSSR count). The van der Waals surface area contributed by atoms with E-state index in [2.05, 4.69) is 10.1 Å². The van der Waals surface area contributed by atoms with Crippen LogP contribution in [0.25, 0.3) is 22.0 Å². The van der Waals surface area contributed by atoms with Crippen LogP contribution in [-0.4, -0.2) is 55.1 Å². The van der Waals surface area contributed by atoms with E-state index in [4.69, 9.17) is 37.5 Å². The van der Waals surface area contributed by atoms with Gasteiger partial charge in [-0.15, -0.1) is 0 Å². The molecule has 1 aliphatic rings. The van der Waals surface area contributed by atoms with E-state index < -0.39 is 36.6 Å². The molecule has 0 bridgehead atoms. The molecule has 8 nitrogen and oxygen atoms in total. The van der Waals surface area contributed by atoms with Gasteiger partial charge in [-0.1, -0.05) is 72.5 Å². The number of esters is 1. The van der Waals surface area contributed by atoms with Crippen LogP contribution in [0.2, 0.25) is 10.0 Å². The predicted molar refractivity (Wildman–Crippen MR) is 170 cm³/mol. The van der Waals surface area contributed by atoms with Crippen LogP contribution < -0.4 is 9.64 Å². The molecule has 0 radical (unpaired) electrons. The number of oxime groups is 1. The molecule has 46 heavy (non-hydrogen) atoms. The number of methoxy groups -OCH3 is 1. The molecule has 3 aromatic carbocycles. The van der Waals surface area contributed by atoms with Gasteiger partial charge in [-0.05, 0) is 59.5 Å². The minimum Gasteiger partial charge on any atom is -0.493 e. The van der Waals surface area contributed by atoms with Crippen molar-refractivity contribution in [3.05, 3.63) is 88.5 Å². The number of benzene rings is 3.